The molecule has 2 aromatic carbocycles. The molecule has 8 heteroatoms. The van der Waals surface area contributed by atoms with Crippen LogP contribution in [0.25, 0.3) is 10.8 Å². The van der Waals surface area contributed by atoms with Crippen LogP contribution in [0.15, 0.2) is 54.6 Å². The molecule has 0 amide bonds. The molecule has 0 radical (unpaired) electrons. The highest BCUT2D eigenvalue weighted by atomic mass is 16.6. The number of esters is 2. The van der Waals surface area contributed by atoms with Crippen molar-refractivity contribution in [2.45, 2.75) is 13.8 Å². The van der Waals surface area contributed by atoms with Crippen LogP contribution in [0, 0.1) is 0 Å². The summed E-state index contributed by atoms with van der Waals surface area (Å²) >= 11 is 0. The van der Waals surface area contributed by atoms with Crippen LogP contribution in [-0.2, 0) is 23.8 Å². The molecule has 33 heavy (non-hydrogen) atoms. The molecule has 2 aromatic rings. The lowest BCUT2D eigenvalue weighted by atomic mass is 10.1. The molecule has 0 saturated heterocycles. The van der Waals surface area contributed by atoms with Gasteiger partial charge in [-0.2, -0.15) is 0 Å². The molecule has 0 bridgehead atoms. The minimum absolute atomic E-state index is 0.0594. The molecule has 0 unspecified atom stereocenters. The molecule has 0 saturated carbocycles. The molecule has 178 valence electrons. The van der Waals surface area contributed by atoms with E-state index in [4.69, 9.17) is 28.4 Å². The van der Waals surface area contributed by atoms with Crippen molar-refractivity contribution in [3.8, 4) is 17.2 Å². The van der Waals surface area contributed by atoms with Gasteiger partial charge in [-0.3, -0.25) is 0 Å². The predicted octanol–water partition coefficient (Wildman–Crippen LogP) is 3.86. The number of benzene rings is 2. The Labute approximate surface area is 193 Å². The molecule has 0 N–H and O–H groups in total. The highest BCUT2D eigenvalue weighted by molar-refractivity contribution is 5.95. The molecule has 0 aliphatic rings. The van der Waals surface area contributed by atoms with Gasteiger partial charge in [0.15, 0.2) is 11.5 Å². The zero-order valence-corrected chi connectivity index (χ0v) is 19.3. The van der Waals surface area contributed by atoms with E-state index >= 15 is 0 Å². The molecule has 0 spiro atoms. The first kappa shape index (κ1) is 25.7. The van der Waals surface area contributed by atoms with E-state index in [1.165, 1.54) is 0 Å². The maximum Gasteiger partial charge on any atom is 0.333 e. The fourth-order valence-electron chi connectivity index (χ4n) is 2.71. The van der Waals surface area contributed by atoms with E-state index < -0.39 is 11.9 Å². The minimum Gasteiger partial charge on any atom is -0.489 e. The van der Waals surface area contributed by atoms with E-state index in [1.54, 1.807) is 27.0 Å². The smallest absolute Gasteiger partial charge is 0.333 e. The Morgan fingerprint density at radius 3 is 1.82 bits per heavy atom. The highest BCUT2D eigenvalue weighted by Gasteiger charge is 2.16. The monoisotopic (exact) mass is 458 g/mol. The summed E-state index contributed by atoms with van der Waals surface area (Å²) < 4.78 is 33.0. The van der Waals surface area contributed by atoms with Crippen molar-refractivity contribution in [1.82, 2.24) is 0 Å². The maximum absolute atomic E-state index is 11.6. The van der Waals surface area contributed by atoms with Gasteiger partial charge in [0.2, 0.25) is 0 Å². The van der Waals surface area contributed by atoms with Crippen molar-refractivity contribution in [3.63, 3.8) is 0 Å². The van der Waals surface area contributed by atoms with Gasteiger partial charge in [-0.15, -0.1) is 0 Å². The number of carbonyl (C=O) groups is 2. The first-order chi connectivity index (χ1) is 15.8. The van der Waals surface area contributed by atoms with Crippen molar-refractivity contribution in [3.05, 3.63) is 54.6 Å². The molecule has 0 aromatic heterocycles. The average molecular weight is 459 g/mol. The molecule has 0 aliphatic heterocycles. The number of methoxy groups -OCH3 is 1. The van der Waals surface area contributed by atoms with E-state index in [2.05, 4.69) is 13.2 Å². The predicted molar refractivity (Wildman–Crippen MR) is 124 cm³/mol. The van der Waals surface area contributed by atoms with Crippen LogP contribution in [0.3, 0.4) is 0 Å². The first-order valence-corrected chi connectivity index (χ1v) is 10.4. The zero-order chi connectivity index (χ0) is 24.2. The van der Waals surface area contributed by atoms with Gasteiger partial charge in [0.1, 0.15) is 38.8 Å². The van der Waals surface area contributed by atoms with Crippen molar-refractivity contribution in [2.24, 2.45) is 0 Å². The lowest BCUT2D eigenvalue weighted by Gasteiger charge is -2.18. The van der Waals surface area contributed by atoms with Crippen molar-refractivity contribution >= 4 is 22.7 Å². The largest absolute Gasteiger partial charge is 0.489 e. The highest BCUT2D eigenvalue weighted by Crippen LogP contribution is 2.41. The fourth-order valence-corrected chi connectivity index (χ4v) is 2.71. The van der Waals surface area contributed by atoms with Gasteiger partial charge < -0.3 is 28.4 Å². The molecule has 0 atom stereocenters. The van der Waals surface area contributed by atoms with Crippen LogP contribution >= 0.6 is 0 Å². The Morgan fingerprint density at radius 2 is 1.24 bits per heavy atom. The van der Waals surface area contributed by atoms with Gasteiger partial charge in [-0.25, -0.2) is 9.59 Å². The van der Waals surface area contributed by atoms with Crippen molar-refractivity contribution in [2.75, 3.05) is 46.8 Å². The standard InChI is InChI=1S/C25H30O8/c1-17(2)24(26)32-14-12-29-21-16-22(30-11-10-28-5)23(20-9-7-6-8-19(20)21)31-13-15-33-25(27)18(3)4/h6-9,16H,1,3,10-15H2,2,4-5H3. The molecule has 2 rings (SSSR count). The van der Waals surface area contributed by atoms with Gasteiger partial charge in [0.25, 0.3) is 0 Å². The minimum atomic E-state index is -0.476. The third kappa shape index (κ3) is 7.84. The summed E-state index contributed by atoms with van der Waals surface area (Å²) in [4.78, 5) is 23.1. The summed E-state index contributed by atoms with van der Waals surface area (Å²) in [6.45, 7) is 11.4. The second-order valence-corrected chi connectivity index (χ2v) is 7.12. The molecular weight excluding hydrogens is 428 g/mol. The molecule has 0 fully saturated rings. The average Bonchev–Trinajstić information content (AvgIpc) is 2.80. The van der Waals surface area contributed by atoms with Gasteiger partial charge in [-0.05, 0) is 13.8 Å². The third-order valence-corrected chi connectivity index (χ3v) is 4.30. The van der Waals surface area contributed by atoms with E-state index in [1.807, 2.05) is 24.3 Å². The second kappa shape index (κ2) is 13.1. The number of hydrogen-bond acceptors (Lipinski definition) is 8. The van der Waals surface area contributed by atoms with Gasteiger partial charge in [0, 0.05) is 35.1 Å². The van der Waals surface area contributed by atoms with E-state index in [0.29, 0.717) is 41.6 Å². The normalized spacial score (nSPS) is 10.4. The quantitative estimate of drug-likeness (QED) is 0.240. The van der Waals surface area contributed by atoms with E-state index in [0.717, 1.165) is 10.8 Å². The number of fused-ring (bicyclic) bond motifs is 1. The lowest BCUT2D eigenvalue weighted by Crippen LogP contribution is -2.14. The van der Waals surface area contributed by atoms with Crippen molar-refractivity contribution in [1.29, 1.82) is 0 Å². The Hall–Kier alpha value is -3.52. The van der Waals surface area contributed by atoms with Gasteiger partial charge >= 0.3 is 11.9 Å². The number of ether oxygens (including phenoxy) is 6. The summed E-state index contributed by atoms with van der Waals surface area (Å²) in [6.07, 6.45) is 0. The summed E-state index contributed by atoms with van der Waals surface area (Å²) in [5, 5.41) is 1.55. The van der Waals surface area contributed by atoms with Crippen LogP contribution in [-0.4, -0.2) is 58.7 Å². The molecule has 0 aliphatic carbocycles. The molecule has 0 heterocycles. The second-order valence-electron chi connectivity index (χ2n) is 7.12. The lowest BCUT2D eigenvalue weighted by molar-refractivity contribution is -0.140. The number of hydrogen-bond donors (Lipinski definition) is 0. The maximum atomic E-state index is 11.6. The fraction of sp³-hybridized carbons (Fsp3) is 0.360. The Bertz CT molecular complexity index is 995. The Kier molecular flexibility index (Phi) is 10.2. The summed E-state index contributed by atoms with van der Waals surface area (Å²) in [5.74, 6) is 0.546. The Morgan fingerprint density at radius 1 is 0.727 bits per heavy atom. The number of rotatable bonds is 14. The van der Waals surface area contributed by atoms with Gasteiger partial charge in [-0.1, -0.05) is 37.4 Å². The van der Waals surface area contributed by atoms with Gasteiger partial charge in [0.05, 0.1) is 6.61 Å². The summed E-state index contributed by atoms with van der Waals surface area (Å²) in [6, 6.07) is 9.22. The first-order valence-electron chi connectivity index (χ1n) is 10.4. The van der Waals surface area contributed by atoms with E-state index in [-0.39, 0.29) is 26.4 Å². The molecule has 8 nitrogen and oxygen atoms in total. The van der Waals surface area contributed by atoms with Crippen molar-refractivity contribution < 1.29 is 38.0 Å². The SMILES string of the molecule is C=C(C)C(=O)OCCOc1cc(OCCOC)c(OCCOC(=O)C(=C)C)c2ccccc12. The summed E-state index contributed by atoms with van der Waals surface area (Å²) in [7, 11) is 1.58. The Balaban J connectivity index is 2.22. The van der Waals surface area contributed by atoms with Crippen LogP contribution in [0.5, 0.6) is 17.2 Å². The topological polar surface area (TPSA) is 89.5 Å². The number of carbonyl (C=O) groups excluding carboxylic acids is 2. The van der Waals surface area contributed by atoms with Crippen LogP contribution in [0.1, 0.15) is 13.8 Å². The third-order valence-electron chi connectivity index (χ3n) is 4.30. The van der Waals surface area contributed by atoms with Crippen LogP contribution < -0.4 is 14.2 Å². The molecular formula is C25H30O8. The van der Waals surface area contributed by atoms with Crippen LogP contribution in [0.4, 0.5) is 0 Å². The van der Waals surface area contributed by atoms with E-state index in [9.17, 15) is 9.59 Å². The zero-order valence-electron chi connectivity index (χ0n) is 19.3. The summed E-state index contributed by atoms with van der Waals surface area (Å²) in [5.41, 5.74) is 0.643. The van der Waals surface area contributed by atoms with Crippen LogP contribution in [0.2, 0.25) is 0 Å².